The first-order valence-electron chi connectivity index (χ1n) is 12.5. The molecule has 0 bridgehead atoms. The van der Waals surface area contributed by atoms with Gasteiger partial charge in [-0.05, 0) is 73.5 Å². The van der Waals surface area contributed by atoms with Crippen LogP contribution < -0.4 is 15.5 Å². The topological polar surface area (TPSA) is 73.8 Å². The molecular formula is C29H33N3O3. The summed E-state index contributed by atoms with van der Waals surface area (Å²) in [7, 11) is 0. The van der Waals surface area contributed by atoms with E-state index in [-0.39, 0.29) is 0 Å². The van der Waals surface area contributed by atoms with Gasteiger partial charge in [0.15, 0.2) is 0 Å². The van der Waals surface area contributed by atoms with Crippen molar-refractivity contribution >= 4 is 22.8 Å². The number of carbonyl (C=O) groups excluding carboxylic acids is 1. The third kappa shape index (κ3) is 6.09. The van der Waals surface area contributed by atoms with E-state index in [1.807, 2.05) is 36.4 Å². The van der Waals surface area contributed by atoms with E-state index in [2.05, 4.69) is 34.5 Å². The van der Waals surface area contributed by atoms with Gasteiger partial charge in [0.1, 0.15) is 12.4 Å². The summed E-state index contributed by atoms with van der Waals surface area (Å²) in [6.07, 6.45) is 7.22. The van der Waals surface area contributed by atoms with Gasteiger partial charge in [-0.15, -0.1) is 0 Å². The number of carbonyl (C=O) groups is 1. The molecule has 182 valence electrons. The highest BCUT2D eigenvalue weighted by atomic mass is 16.5. The number of nitrogens with one attached hydrogen (secondary N) is 2. The van der Waals surface area contributed by atoms with Gasteiger partial charge in [-0.25, -0.2) is 5.48 Å². The van der Waals surface area contributed by atoms with Crippen molar-refractivity contribution in [3.05, 3.63) is 83.4 Å². The van der Waals surface area contributed by atoms with E-state index in [9.17, 15) is 4.79 Å². The number of amides is 1. The van der Waals surface area contributed by atoms with Crippen LogP contribution in [0.1, 0.15) is 41.6 Å². The lowest BCUT2D eigenvalue weighted by molar-refractivity contribution is 0.0706. The van der Waals surface area contributed by atoms with E-state index in [1.54, 1.807) is 17.6 Å². The zero-order valence-corrected chi connectivity index (χ0v) is 20.0. The van der Waals surface area contributed by atoms with Gasteiger partial charge in [0, 0.05) is 29.6 Å². The summed E-state index contributed by atoms with van der Waals surface area (Å²) in [4.78, 5) is 14.3. The molecule has 3 N–H and O–H groups in total. The molecule has 6 nitrogen and oxygen atoms in total. The van der Waals surface area contributed by atoms with Crippen LogP contribution in [0.2, 0.25) is 0 Å². The average Bonchev–Trinajstić information content (AvgIpc) is 3.76. The van der Waals surface area contributed by atoms with Crippen LogP contribution >= 0.6 is 0 Å². The SMILES string of the molecule is O=C(NO)c1ccc(C=C(CNC2CCN(C3CC3)CC2)COc2cccc3ccccc23)cc1. The third-order valence-electron chi connectivity index (χ3n) is 7.02. The molecule has 6 heteroatoms. The lowest BCUT2D eigenvalue weighted by Gasteiger charge is -2.32. The molecule has 35 heavy (non-hydrogen) atoms. The molecule has 1 saturated carbocycles. The van der Waals surface area contributed by atoms with Crippen molar-refractivity contribution in [1.82, 2.24) is 15.7 Å². The van der Waals surface area contributed by atoms with Crippen molar-refractivity contribution < 1.29 is 14.7 Å². The largest absolute Gasteiger partial charge is 0.489 e. The monoisotopic (exact) mass is 471 g/mol. The standard InChI is InChI=1S/C29H33N3O3/c33-29(31-34)24-10-8-21(9-11-24)18-22(19-30-25-14-16-32(17-15-25)26-12-13-26)20-35-28-7-3-5-23-4-1-2-6-27(23)28/h1-11,18,25-26,30,34H,12-17,19-20H2,(H,31,33). The van der Waals surface area contributed by atoms with Crippen LogP contribution in [0.25, 0.3) is 16.8 Å². The maximum Gasteiger partial charge on any atom is 0.274 e. The Balaban J connectivity index is 1.28. The van der Waals surface area contributed by atoms with Crippen LogP contribution in [0.3, 0.4) is 0 Å². The van der Waals surface area contributed by atoms with Crippen LogP contribution in [-0.4, -0.2) is 54.3 Å². The second-order valence-electron chi connectivity index (χ2n) is 9.55. The second-order valence-corrected chi connectivity index (χ2v) is 9.55. The smallest absolute Gasteiger partial charge is 0.274 e. The number of ether oxygens (including phenoxy) is 1. The summed E-state index contributed by atoms with van der Waals surface area (Å²) in [5.41, 5.74) is 4.22. The molecular weight excluding hydrogens is 438 g/mol. The Morgan fingerprint density at radius 3 is 2.46 bits per heavy atom. The molecule has 3 aromatic rings. The van der Waals surface area contributed by atoms with Crippen LogP contribution in [0, 0.1) is 0 Å². The first-order valence-corrected chi connectivity index (χ1v) is 12.5. The molecule has 1 aliphatic heterocycles. The number of nitrogens with zero attached hydrogens (tertiary/aromatic N) is 1. The first-order chi connectivity index (χ1) is 17.2. The molecule has 0 unspecified atom stereocenters. The van der Waals surface area contributed by atoms with E-state index in [4.69, 9.17) is 9.94 Å². The predicted molar refractivity (Wildman–Crippen MR) is 139 cm³/mol. The number of piperidine rings is 1. The van der Waals surface area contributed by atoms with Crippen LogP contribution in [-0.2, 0) is 0 Å². The van der Waals surface area contributed by atoms with Gasteiger partial charge in [0.05, 0.1) is 0 Å². The lowest BCUT2D eigenvalue weighted by atomic mass is 10.0. The van der Waals surface area contributed by atoms with E-state index < -0.39 is 5.91 Å². The van der Waals surface area contributed by atoms with Crippen LogP contribution in [0.15, 0.2) is 72.3 Å². The number of fused-ring (bicyclic) bond motifs is 1. The molecule has 3 aromatic carbocycles. The zero-order valence-electron chi connectivity index (χ0n) is 20.0. The van der Waals surface area contributed by atoms with Crippen LogP contribution in [0.5, 0.6) is 5.75 Å². The van der Waals surface area contributed by atoms with Crippen molar-refractivity contribution in [2.75, 3.05) is 26.2 Å². The number of rotatable bonds is 9. The molecule has 0 radical (unpaired) electrons. The Kier molecular flexibility index (Phi) is 7.42. The molecule has 1 amide bonds. The van der Waals surface area contributed by atoms with Gasteiger partial charge in [-0.1, -0.05) is 54.6 Å². The van der Waals surface area contributed by atoms with Crippen LogP contribution in [0.4, 0.5) is 0 Å². The maximum atomic E-state index is 11.7. The molecule has 0 atom stereocenters. The molecule has 1 heterocycles. The highest BCUT2D eigenvalue weighted by Gasteiger charge is 2.31. The molecule has 1 aliphatic carbocycles. The summed E-state index contributed by atoms with van der Waals surface area (Å²) < 4.78 is 6.32. The third-order valence-corrected chi connectivity index (χ3v) is 7.02. The van der Waals surface area contributed by atoms with E-state index >= 15 is 0 Å². The number of hydrogen-bond donors (Lipinski definition) is 3. The maximum absolute atomic E-state index is 11.7. The van der Waals surface area contributed by atoms with Crippen molar-refractivity contribution in [3.8, 4) is 5.75 Å². The van der Waals surface area contributed by atoms with Crippen molar-refractivity contribution in [3.63, 3.8) is 0 Å². The summed E-state index contributed by atoms with van der Waals surface area (Å²) in [5.74, 6) is 0.362. The summed E-state index contributed by atoms with van der Waals surface area (Å²) >= 11 is 0. The van der Waals surface area contributed by atoms with E-state index in [0.29, 0.717) is 18.2 Å². The minimum atomic E-state index is -0.515. The minimum Gasteiger partial charge on any atom is -0.489 e. The van der Waals surface area contributed by atoms with Gasteiger partial charge in [0.25, 0.3) is 5.91 Å². The summed E-state index contributed by atoms with van der Waals surface area (Å²) in [6, 6.07) is 22.9. The van der Waals surface area contributed by atoms with Gasteiger partial charge in [0.2, 0.25) is 0 Å². The number of likely N-dealkylation sites (tertiary alicyclic amines) is 1. The van der Waals surface area contributed by atoms with E-state index in [0.717, 1.165) is 40.2 Å². The average molecular weight is 472 g/mol. The Morgan fingerprint density at radius 1 is 0.971 bits per heavy atom. The molecule has 0 aromatic heterocycles. The first kappa shape index (κ1) is 23.5. The molecule has 1 saturated heterocycles. The fraction of sp³-hybridized carbons (Fsp3) is 0.345. The fourth-order valence-electron chi connectivity index (χ4n) is 4.85. The normalized spacial score (nSPS) is 17.5. The minimum absolute atomic E-state index is 0.416. The summed E-state index contributed by atoms with van der Waals surface area (Å²) in [6.45, 7) is 3.59. The number of hydroxylamine groups is 1. The molecule has 2 aliphatic rings. The number of benzene rings is 3. The predicted octanol–water partition coefficient (Wildman–Crippen LogP) is 4.64. The fourth-order valence-corrected chi connectivity index (χ4v) is 4.85. The highest BCUT2D eigenvalue weighted by Crippen LogP contribution is 2.29. The number of hydrogen-bond acceptors (Lipinski definition) is 5. The Hall–Kier alpha value is -3.19. The summed E-state index contributed by atoms with van der Waals surface area (Å²) in [5, 5.41) is 14.9. The van der Waals surface area contributed by atoms with Gasteiger partial charge >= 0.3 is 0 Å². The molecule has 2 fully saturated rings. The molecule has 5 rings (SSSR count). The Labute approximate surface area is 206 Å². The van der Waals surface area contributed by atoms with Crippen molar-refractivity contribution in [2.24, 2.45) is 0 Å². The lowest BCUT2D eigenvalue weighted by Crippen LogP contribution is -2.44. The van der Waals surface area contributed by atoms with Crippen molar-refractivity contribution in [2.45, 2.75) is 37.8 Å². The zero-order chi connectivity index (χ0) is 24.0. The van der Waals surface area contributed by atoms with Gasteiger partial charge in [-0.2, -0.15) is 0 Å². The highest BCUT2D eigenvalue weighted by molar-refractivity contribution is 5.93. The van der Waals surface area contributed by atoms with Crippen molar-refractivity contribution in [1.29, 1.82) is 0 Å². The van der Waals surface area contributed by atoms with Gasteiger partial charge < -0.3 is 15.0 Å². The Morgan fingerprint density at radius 2 is 1.71 bits per heavy atom. The second kappa shape index (κ2) is 11.0. The Bertz CT molecular complexity index is 1170. The molecule has 0 spiro atoms. The van der Waals surface area contributed by atoms with E-state index in [1.165, 1.54) is 38.8 Å². The quantitative estimate of drug-likeness (QED) is 0.313. The van der Waals surface area contributed by atoms with Gasteiger partial charge in [-0.3, -0.25) is 10.0 Å².